The van der Waals surface area contributed by atoms with E-state index >= 15 is 0 Å². The van der Waals surface area contributed by atoms with E-state index in [0.717, 1.165) is 11.3 Å². The fourth-order valence-electron chi connectivity index (χ4n) is 2.60. The second-order valence-electron chi connectivity index (χ2n) is 6.06. The summed E-state index contributed by atoms with van der Waals surface area (Å²) in [6.45, 7) is -0.250. The Labute approximate surface area is 157 Å². The number of benzene rings is 1. The van der Waals surface area contributed by atoms with Crippen molar-refractivity contribution in [1.82, 2.24) is 14.7 Å². The molecule has 0 radical (unpaired) electrons. The molecule has 10 heteroatoms. The summed E-state index contributed by atoms with van der Waals surface area (Å²) in [7, 11) is -3.63. The predicted octanol–water partition coefficient (Wildman–Crippen LogP) is 2.40. The van der Waals surface area contributed by atoms with E-state index in [2.05, 4.69) is 14.7 Å². The molecule has 1 aromatic heterocycles. The van der Waals surface area contributed by atoms with E-state index < -0.39 is 20.9 Å². The molecular weight excluding hydrogens is 380 g/mol. The molecule has 1 heterocycles. The first kappa shape index (κ1) is 20.3. The van der Waals surface area contributed by atoms with Gasteiger partial charge in [-0.3, -0.25) is 10.1 Å². The van der Waals surface area contributed by atoms with Crippen LogP contribution in [0.3, 0.4) is 0 Å². The largest absolute Gasteiger partial charge is 0.351 e. The maximum Gasteiger partial charge on any atom is 0.212 e. The Morgan fingerprint density at radius 3 is 2.65 bits per heavy atom. The van der Waals surface area contributed by atoms with Crippen molar-refractivity contribution in [2.45, 2.75) is 25.8 Å². The first-order valence-electron chi connectivity index (χ1n) is 8.15. The average molecular weight is 401 g/mol. The minimum atomic E-state index is -3.63. The number of halogens is 1. The van der Waals surface area contributed by atoms with Crippen molar-refractivity contribution < 1.29 is 13.3 Å². The van der Waals surface area contributed by atoms with Crippen LogP contribution in [0.15, 0.2) is 36.8 Å². The lowest BCUT2D eigenvalue weighted by atomic mass is 10.0. The lowest BCUT2D eigenvalue weighted by Crippen LogP contribution is -2.32. The van der Waals surface area contributed by atoms with Gasteiger partial charge in [0, 0.05) is 28.6 Å². The van der Waals surface area contributed by atoms with Gasteiger partial charge in [-0.05, 0) is 37.0 Å². The maximum absolute atomic E-state index is 12.3. The molecule has 26 heavy (non-hydrogen) atoms. The normalized spacial score (nSPS) is 12.8. The Hall–Kier alpha value is -1.97. The van der Waals surface area contributed by atoms with Crippen LogP contribution < -0.4 is 4.72 Å². The van der Waals surface area contributed by atoms with Crippen LogP contribution in [0, 0.1) is 16.0 Å². The Bertz CT molecular complexity index is 794. The van der Waals surface area contributed by atoms with Gasteiger partial charge in [-0.15, -0.1) is 0 Å². The van der Waals surface area contributed by atoms with Crippen LogP contribution in [-0.4, -0.2) is 35.6 Å². The van der Waals surface area contributed by atoms with Gasteiger partial charge in [0.2, 0.25) is 16.6 Å². The molecule has 0 saturated carbocycles. The molecule has 2 aromatic rings. The van der Waals surface area contributed by atoms with Crippen molar-refractivity contribution >= 4 is 21.6 Å². The summed E-state index contributed by atoms with van der Waals surface area (Å²) in [5, 5.41) is 11.4. The van der Waals surface area contributed by atoms with Crippen LogP contribution in [0.1, 0.15) is 24.1 Å². The van der Waals surface area contributed by atoms with E-state index in [0.29, 0.717) is 24.3 Å². The van der Waals surface area contributed by atoms with Crippen molar-refractivity contribution in [2.24, 2.45) is 5.92 Å². The topological polar surface area (TPSA) is 118 Å². The molecule has 2 N–H and O–H groups in total. The standard InChI is InChI=1S/C16H21ClN4O4S/c17-15-6-4-13(5-7-15)8-20-26(24,25)11-14(10-21(22)23)2-1-3-16-9-18-12-19-16/h4-7,9,12,14,20H,1-3,8,10-11H2,(H,18,19). The van der Waals surface area contributed by atoms with E-state index in [9.17, 15) is 18.5 Å². The number of rotatable bonds is 11. The zero-order chi connectivity index (χ0) is 19.0. The molecule has 0 spiro atoms. The van der Waals surface area contributed by atoms with Crippen molar-refractivity contribution in [1.29, 1.82) is 0 Å². The number of nitro groups is 1. The molecule has 0 aliphatic carbocycles. The molecule has 0 bridgehead atoms. The average Bonchev–Trinajstić information content (AvgIpc) is 3.07. The molecule has 1 unspecified atom stereocenters. The van der Waals surface area contributed by atoms with E-state index in [1.165, 1.54) is 0 Å². The van der Waals surface area contributed by atoms with Crippen LogP contribution in [0.5, 0.6) is 0 Å². The van der Waals surface area contributed by atoms with Gasteiger partial charge >= 0.3 is 0 Å². The minimum Gasteiger partial charge on any atom is -0.351 e. The number of aromatic amines is 1. The molecule has 0 saturated heterocycles. The number of hydrogen-bond donors (Lipinski definition) is 2. The molecular formula is C16H21ClN4O4S. The smallest absolute Gasteiger partial charge is 0.212 e. The number of H-pyrrole nitrogens is 1. The summed E-state index contributed by atoms with van der Waals surface area (Å²) in [6.07, 6.45) is 5.05. The monoisotopic (exact) mass is 400 g/mol. The van der Waals surface area contributed by atoms with Gasteiger partial charge in [0.1, 0.15) is 0 Å². The number of hydrogen-bond acceptors (Lipinski definition) is 5. The molecule has 0 amide bonds. The summed E-state index contributed by atoms with van der Waals surface area (Å²) in [6, 6.07) is 6.80. The minimum absolute atomic E-state index is 0.123. The Morgan fingerprint density at radius 1 is 1.31 bits per heavy atom. The summed E-state index contributed by atoms with van der Waals surface area (Å²) >= 11 is 5.80. The first-order valence-corrected chi connectivity index (χ1v) is 10.2. The zero-order valence-electron chi connectivity index (χ0n) is 14.1. The van der Waals surface area contributed by atoms with E-state index in [4.69, 9.17) is 11.6 Å². The third-order valence-corrected chi connectivity index (χ3v) is 5.62. The summed E-state index contributed by atoms with van der Waals surface area (Å²) < 4.78 is 27.0. The van der Waals surface area contributed by atoms with Gasteiger partial charge in [0.15, 0.2) is 0 Å². The van der Waals surface area contributed by atoms with Crippen LogP contribution in [0.2, 0.25) is 5.02 Å². The molecule has 2 rings (SSSR count). The predicted molar refractivity (Wildman–Crippen MR) is 99.0 cm³/mol. The number of imidazole rings is 1. The third kappa shape index (κ3) is 7.51. The van der Waals surface area contributed by atoms with Crippen LogP contribution in [0.25, 0.3) is 0 Å². The zero-order valence-corrected chi connectivity index (χ0v) is 15.7. The number of nitrogens with zero attached hydrogens (tertiary/aromatic N) is 2. The molecule has 0 fully saturated rings. The lowest BCUT2D eigenvalue weighted by molar-refractivity contribution is -0.487. The molecule has 1 atom stereocenters. The summed E-state index contributed by atoms with van der Waals surface area (Å²) in [4.78, 5) is 17.3. The van der Waals surface area contributed by atoms with Gasteiger partial charge in [-0.25, -0.2) is 18.1 Å². The van der Waals surface area contributed by atoms with Crippen molar-refractivity contribution in [3.8, 4) is 0 Å². The van der Waals surface area contributed by atoms with Gasteiger partial charge in [0.25, 0.3) is 0 Å². The van der Waals surface area contributed by atoms with Gasteiger partial charge in [0.05, 0.1) is 17.8 Å². The summed E-state index contributed by atoms with van der Waals surface area (Å²) in [5.74, 6) is -0.825. The SMILES string of the molecule is O=[N+]([O-])CC(CCCc1c[nH]cn1)CS(=O)(=O)NCc1ccc(Cl)cc1. The van der Waals surface area contributed by atoms with Crippen molar-refractivity contribution in [3.05, 3.63) is 63.2 Å². The van der Waals surface area contributed by atoms with Crippen molar-refractivity contribution in [3.63, 3.8) is 0 Å². The lowest BCUT2D eigenvalue weighted by Gasteiger charge is -2.14. The number of sulfonamides is 1. The summed E-state index contributed by atoms with van der Waals surface area (Å²) in [5.41, 5.74) is 1.62. The van der Waals surface area contributed by atoms with Crippen LogP contribution in [0.4, 0.5) is 0 Å². The third-order valence-electron chi connectivity index (χ3n) is 3.87. The quantitative estimate of drug-likeness (QED) is 0.443. The second-order valence-corrected chi connectivity index (χ2v) is 8.35. The van der Waals surface area contributed by atoms with E-state index in [1.54, 1.807) is 36.8 Å². The number of nitrogens with one attached hydrogen (secondary N) is 2. The van der Waals surface area contributed by atoms with Gasteiger partial charge in [-0.2, -0.15) is 0 Å². The highest BCUT2D eigenvalue weighted by atomic mass is 35.5. The highest BCUT2D eigenvalue weighted by molar-refractivity contribution is 7.89. The number of aryl methyl sites for hydroxylation is 1. The molecule has 0 aliphatic heterocycles. The second kappa shape index (κ2) is 9.65. The highest BCUT2D eigenvalue weighted by Crippen LogP contribution is 2.14. The number of aromatic nitrogens is 2. The Morgan fingerprint density at radius 2 is 2.04 bits per heavy atom. The molecule has 8 nitrogen and oxygen atoms in total. The van der Waals surface area contributed by atoms with E-state index in [1.807, 2.05) is 0 Å². The van der Waals surface area contributed by atoms with Gasteiger partial charge < -0.3 is 4.98 Å². The first-order chi connectivity index (χ1) is 12.3. The maximum atomic E-state index is 12.3. The van der Waals surface area contributed by atoms with Crippen LogP contribution in [-0.2, 0) is 23.0 Å². The van der Waals surface area contributed by atoms with Crippen molar-refractivity contribution in [2.75, 3.05) is 12.3 Å². The molecule has 142 valence electrons. The van der Waals surface area contributed by atoms with E-state index in [-0.39, 0.29) is 18.8 Å². The fraction of sp³-hybridized carbons (Fsp3) is 0.438. The van der Waals surface area contributed by atoms with Crippen LogP contribution >= 0.6 is 11.6 Å². The van der Waals surface area contributed by atoms with Gasteiger partial charge in [-0.1, -0.05) is 23.7 Å². The molecule has 1 aromatic carbocycles. The Balaban J connectivity index is 1.87. The highest BCUT2D eigenvalue weighted by Gasteiger charge is 2.23. The molecule has 0 aliphatic rings. The Kier molecular flexibility index (Phi) is 7.55. The fourth-order valence-corrected chi connectivity index (χ4v) is 4.13.